The highest BCUT2D eigenvalue weighted by Gasteiger charge is 2.14. The van der Waals surface area contributed by atoms with Crippen LogP contribution in [0.2, 0.25) is 0 Å². The van der Waals surface area contributed by atoms with Crippen LogP contribution in [0.25, 0.3) is 11.0 Å². The van der Waals surface area contributed by atoms with Crippen LogP contribution in [0.1, 0.15) is 29.1 Å². The molecule has 0 aliphatic carbocycles. The van der Waals surface area contributed by atoms with E-state index in [0.29, 0.717) is 12.3 Å². The predicted molar refractivity (Wildman–Crippen MR) is 112 cm³/mol. The highest BCUT2D eigenvalue weighted by atomic mass is 32.2. The summed E-state index contributed by atoms with van der Waals surface area (Å²) in [6, 6.07) is 16.3. The zero-order chi connectivity index (χ0) is 19.2. The molecule has 6 heteroatoms. The standard InChI is InChI=1S/C21H26N4OS/c1-15(21-23-18-10-6-7-11-19(18)24-21)27-14-20(26)22-12-16-8-4-5-9-17(16)13-25(2)3/h4-11,15H,12-14H2,1-3H3,(H,22,26)(H,23,24)/p+1/t15-/m0/s1. The Kier molecular flexibility index (Phi) is 6.53. The molecular weight excluding hydrogens is 356 g/mol. The van der Waals surface area contributed by atoms with E-state index in [4.69, 9.17) is 0 Å². The van der Waals surface area contributed by atoms with E-state index in [1.54, 1.807) is 11.8 Å². The van der Waals surface area contributed by atoms with Crippen LogP contribution in [-0.4, -0.2) is 35.7 Å². The molecule has 27 heavy (non-hydrogen) atoms. The molecule has 0 aliphatic rings. The van der Waals surface area contributed by atoms with E-state index >= 15 is 0 Å². The Labute approximate surface area is 164 Å². The molecule has 3 rings (SSSR count). The number of rotatable bonds is 8. The van der Waals surface area contributed by atoms with E-state index in [1.165, 1.54) is 16.0 Å². The summed E-state index contributed by atoms with van der Waals surface area (Å²) < 4.78 is 0. The lowest BCUT2D eigenvalue weighted by Gasteiger charge is -2.13. The maximum Gasteiger partial charge on any atom is 0.230 e. The normalized spacial score (nSPS) is 12.4. The largest absolute Gasteiger partial charge is 0.351 e. The Hall–Kier alpha value is -2.31. The summed E-state index contributed by atoms with van der Waals surface area (Å²) in [7, 11) is 4.26. The Balaban J connectivity index is 1.51. The fourth-order valence-electron chi connectivity index (χ4n) is 2.97. The molecule has 0 radical (unpaired) electrons. The smallest absolute Gasteiger partial charge is 0.230 e. The van der Waals surface area contributed by atoms with Crippen molar-refractivity contribution < 1.29 is 9.69 Å². The number of nitrogens with one attached hydrogen (secondary N) is 3. The van der Waals surface area contributed by atoms with Crippen LogP contribution < -0.4 is 10.2 Å². The van der Waals surface area contributed by atoms with Crippen LogP contribution >= 0.6 is 11.8 Å². The molecule has 1 aromatic heterocycles. The number of carbonyl (C=O) groups excluding carboxylic acids is 1. The lowest BCUT2D eigenvalue weighted by molar-refractivity contribution is -0.872. The van der Waals surface area contributed by atoms with Gasteiger partial charge in [-0.2, -0.15) is 0 Å². The fourth-order valence-corrected chi connectivity index (χ4v) is 3.75. The number of amides is 1. The average Bonchev–Trinajstić information content (AvgIpc) is 3.09. The number of H-pyrrole nitrogens is 1. The van der Waals surface area contributed by atoms with Crippen molar-refractivity contribution in [2.75, 3.05) is 19.8 Å². The summed E-state index contributed by atoms with van der Waals surface area (Å²) in [6.45, 7) is 3.59. The summed E-state index contributed by atoms with van der Waals surface area (Å²) in [5.74, 6) is 1.38. The SMILES string of the molecule is C[C@H](SCC(=O)NCc1ccccc1C[NH+](C)C)c1nc2ccccc2[nH]1. The van der Waals surface area contributed by atoms with E-state index in [9.17, 15) is 4.79 Å². The van der Waals surface area contributed by atoms with Crippen molar-refractivity contribution in [2.24, 2.45) is 0 Å². The third-order valence-corrected chi connectivity index (χ3v) is 5.55. The second kappa shape index (κ2) is 9.06. The highest BCUT2D eigenvalue weighted by molar-refractivity contribution is 8.00. The van der Waals surface area contributed by atoms with Gasteiger partial charge < -0.3 is 15.2 Å². The molecule has 0 aliphatic heterocycles. The zero-order valence-electron chi connectivity index (χ0n) is 16.1. The van der Waals surface area contributed by atoms with Gasteiger partial charge in [0.25, 0.3) is 0 Å². The van der Waals surface area contributed by atoms with Crippen molar-refractivity contribution in [3.05, 3.63) is 65.5 Å². The van der Waals surface area contributed by atoms with Crippen LogP contribution in [0.3, 0.4) is 0 Å². The highest BCUT2D eigenvalue weighted by Crippen LogP contribution is 2.27. The van der Waals surface area contributed by atoms with Crippen molar-refractivity contribution >= 4 is 28.7 Å². The topological polar surface area (TPSA) is 62.2 Å². The summed E-state index contributed by atoms with van der Waals surface area (Å²) in [5.41, 5.74) is 4.46. The molecule has 0 bridgehead atoms. The van der Waals surface area contributed by atoms with Crippen LogP contribution in [0.15, 0.2) is 48.5 Å². The van der Waals surface area contributed by atoms with Crippen LogP contribution in [0.5, 0.6) is 0 Å². The third kappa shape index (κ3) is 5.34. The molecule has 0 spiro atoms. The number of aromatic amines is 1. The molecule has 0 unspecified atom stereocenters. The molecule has 1 heterocycles. The molecule has 1 amide bonds. The van der Waals surface area contributed by atoms with Gasteiger partial charge in [0, 0.05) is 12.1 Å². The van der Waals surface area contributed by atoms with Crippen LogP contribution in [0.4, 0.5) is 0 Å². The fraction of sp³-hybridized carbons (Fsp3) is 0.333. The number of imidazole rings is 1. The molecular formula is C21H27N4OS+. The molecule has 3 aromatic rings. The Morgan fingerprint density at radius 1 is 1.15 bits per heavy atom. The second-order valence-corrected chi connectivity index (χ2v) is 8.35. The number of nitrogens with zero attached hydrogens (tertiary/aromatic N) is 1. The second-order valence-electron chi connectivity index (χ2n) is 7.02. The summed E-state index contributed by atoms with van der Waals surface area (Å²) >= 11 is 1.59. The molecule has 0 fully saturated rings. The molecule has 2 aromatic carbocycles. The third-order valence-electron chi connectivity index (χ3n) is 4.40. The maximum atomic E-state index is 12.3. The number of para-hydroxylation sites is 2. The summed E-state index contributed by atoms with van der Waals surface area (Å²) in [5, 5.41) is 3.18. The quantitative estimate of drug-likeness (QED) is 0.559. The van der Waals surface area contributed by atoms with Gasteiger partial charge >= 0.3 is 0 Å². The Morgan fingerprint density at radius 3 is 2.59 bits per heavy atom. The molecule has 0 saturated heterocycles. The first-order valence-corrected chi connectivity index (χ1v) is 10.3. The number of quaternary nitrogens is 1. The van der Waals surface area contributed by atoms with E-state index in [1.807, 2.05) is 30.3 Å². The van der Waals surface area contributed by atoms with Gasteiger partial charge in [-0.3, -0.25) is 4.79 Å². The van der Waals surface area contributed by atoms with E-state index in [2.05, 4.69) is 54.5 Å². The summed E-state index contributed by atoms with van der Waals surface area (Å²) in [6.07, 6.45) is 0. The van der Waals surface area contributed by atoms with E-state index < -0.39 is 0 Å². The van der Waals surface area contributed by atoms with Gasteiger partial charge in [-0.15, -0.1) is 11.8 Å². The first kappa shape index (κ1) is 19.5. The van der Waals surface area contributed by atoms with Crippen LogP contribution in [0, 0.1) is 0 Å². The van der Waals surface area contributed by atoms with Crippen molar-refractivity contribution in [3.8, 4) is 0 Å². The van der Waals surface area contributed by atoms with Gasteiger partial charge in [-0.05, 0) is 24.6 Å². The number of hydrogen-bond donors (Lipinski definition) is 3. The van der Waals surface area contributed by atoms with Gasteiger partial charge in [-0.25, -0.2) is 4.98 Å². The van der Waals surface area contributed by atoms with E-state index in [-0.39, 0.29) is 11.2 Å². The average molecular weight is 384 g/mol. The molecule has 1 atom stereocenters. The number of aromatic nitrogens is 2. The van der Waals surface area contributed by atoms with E-state index in [0.717, 1.165) is 23.4 Å². The van der Waals surface area contributed by atoms with Gasteiger partial charge in [0.15, 0.2) is 0 Å². The first-order valence-electron chi connectivity index (χ1n) is 9.21. The number of carbonyl (C=O) groups is 1. The maximum absolute atomic E-state index is 12.3. The van der Waals surface area contributed by atoms with Crippen molar-refractivity contribution in [2.45, 2.75) is 25.3 Å². The molecule has 3 N–H and O–H groups in total. The lowest BCUT2D eigenvalue weighted by Crippen LogP contribution is -3.04. The minimum absolute atomic E-state index is 0.0509. The molecule has 0 saturated carbocycles. The molecule has 142 valence electrons. The van der Waals surface area contributed by atoms with Gasteiger partial charge in [0.05, 0.1) is 36.1 Å². The van der Waals surface area contributed by atoms with Gasteiger partial charge in [-0.1, -0.05) is 36.4 Å². The number of fused-ring (bicyclic) bond motifs is 1. The molecule has 5 nitrogen and oxygen atoms in total. The zero-order valence-corrected chi connectivity index (χ0v) is 16.9. The minimum atomic E-state index is 0.0509. The minimum Gasteiger partial charge on any atom is -0.351 e. The lowest BCUT2D eigenvalue weighted by atomic mass is 10.1. The number of hydrogen-bond acceptors (Lipinski definition) is 3. The van der Waals surface area contributed by atoms with Gasteiger partial charge in [0.1, 0.15) is 12.4 Å². The number of thioether (sulfide) groups is 1. The van der Waals surface area contributed by atoms with Crippen molar-refractivity contribution in [3.63, 3.8) is 0 Å². The van der Waals surface area contributed by atoms with Crippen molar-refractivity contribution in [1.29, 1.82) is 0 Å². The summed E-state index contributed by atoms with van der Waals surface area (Å²) in [4.78, 5) is 21.6. The van der Waals surface area contributed by atoms with Crippen molar-refractivity contribution in [1.82, 2.24) is 15.3 Å². The predicted octanol–water partition coefficient (Wildman–Crippen LogP) is 2.32. The first-order chi connectivity index (χ1) is 13.0. The van der Waals surface area contributed by atoms with Gasteiger partial charge in [0.2, 0.25) is 5.91 Å². The Bertz CT molecular complexity index is 873. The van der Waals surface area contributed by atoms with Crippen LogP contribution in [-0.2, 0) is 17.9 Å². The monoisotopic (exact) mass is 383 g/mol. The Morgan fingerprint density at radius 2 is 1.85 bits per heavy atom. The number of benzene rings is 2.